The van der Waals surface area contributed by atoms with Crippen LogP contribution in [0.5, 0.6) is 0 Å². The molecule has 5 rings (SSSR count). The van der Waals surface area contributed by atoms with Gasteiger partial charge >= 0.3 is 0 Å². The highest BCUT2D eigenvalue weighted by atomic mass is 35.5. The summed E-state index contributed by atoms with van der Waals surface area (Å²) in [5, 5.41) is 1.38. The molecule has 3 aliphatic rings. The summed E-state index contributed by atoms with van der Waals surface area (Å²) in [5.41, 5.74) is 2.01. The van der Waals surface area contributed by atoms with E-state index < -0.39 is 5.79 Å². The maximum atomic E-state index is 6.30. The Hall–Kier alpha value is -1.43. The van der Waals surface area contributed by atoms with Crippen LogP contribution in [0.2, 0.25) is 5.15 Å². The molecule has 0 amide bonds. The van der Waals surface area contributed by atoms with Crippen LogP contribution >= 0.6 is 11.6 Å². The lowest BCUT2D eigenvalue weighted by atomic mass is 9.99. The highest BCUT2D eigenvalue weighted by Crippen LogP contribution is 2.72. The predicted molar refractivity (Wildman–Crippen MR) is 90.9 cm³/mol. The number of hydrogen-bond donors (Lipinski definition) is 0. The first-order chi connectivity index (χ1) is 11.4. The zero-order chi connectivity index (χ0) is 16.9. The normalized spacial score (nSPS) is 39.0. The van der Waals surface area contributed by atoms with Gasteiger partial charge in [0.25, 0.3) is 0 Å². The van der Waals surface area contributed by atoms with E-state index in [0.717, 1.165) is 23.1 Å². The minimum absolute atomic E-state index is 0.000194. The van der Waals surface area contributed by atoms with Crippen LogP contribution in [0.1, 0.15) is 32.0 Å². The molecule has 0 radical (unpaired) electrons. The highest BCUT2D eigenvalue weighted by Gasteiger charge is 2.74. The van der Waals surface area contributed by atoms with Gasteiger partial charge in [-0.05, 0) is 39.2 Å². The summed E-state index contributed by atoms with van der Waals surface area (Å²) >= 11 is 6.27. The van der Waals surface area contributed by atoms with E-state index in [1.165, 1.54) is 6.33 Å². The van der Waals surface area contributed by atoms with Gasteiger partial charge in [-0.25, -0.2) is 9.97 Å². The SMILES string of the molecule is C=C[C@]12C[C@@H]1[C@@H](n1c(C)cc3c(Cl)ncnc31)[C@@H]1OC(C)(C)O[C@@H]12. The summed E-state index contributed by atoms with van der Waals surface area (Å²) < 4.78 is 14.8. The first kappa shape index (κ1) is 14.9. The Morgan fingerprint density at radius 3 is 2.92 bits per heavy atom. The van der Waals surface area contributed by atoms with Crippen molar-refractivity contribution in [3.05, 3.63) is 35.9 Å². The molecule has 1 aliphatic heterocycles. The lowest BCUT2D eigenvalue weighted by molar-refractivity contribution is -0.159. The van der Waals surface area contributed by atoms with Crippen molar-refractivity contribution >= 4 is 22.6 Å². The van der Waals surface area contributed by atoms with Gasteiger partial charge in [0.2, 0.25) is 0 Å². The van der Waals surface area contributed by atoms with Crippen LogP contribution < -0.4 is 0 Å². The van der Waals surface area contributed by atoms with Crippen LogP contribution in [0.15, 0.2) is 25.0 Å². The van der Waals surface area contributed by atoms with Gasteiger partial charge in [0.1, 0.15) is 23.2 Å². The number of ether oxygens (including phenoxy) is 2. The molecule has 0 spiro atoms. The standard InChI is InChI=1S/C18H20ClN3O2/c1-5-18-7-11(18)12(13-14(18)24-17(3,4)23-13)22-9(2)6-10-15(19)20-8-21-16(10)22/h5-6,8,11-14H,1,7H2,2-4H3/t11-,12-,13+,14+,18+/m1/s1. The Bertz CT molecular complexity index is 877. The van der Waals surface area contributed by atoms with Crippen molar-refractivity contribution in [3.8, 4) is 0 Å². The molecule has 2 saturated carbocycles. The topological polar surface area (TPSA) is 49.2 Å². The molecule has 3 heterocycles. The summed E-state index contributed by atoms with van der Waals surface area (Å²) in [4.78, 5) is 8.61. The van der Waals surface area contributed by atoms with Gasteiger partial charge < -0.3 is 14.0 Å². The van der Waals surface area contributed by atoms with Gasteiger partial charge in [0.05, 0.1) is 17.5 Å². The molecule has 126 valence electrons. The molecule has 0 unspecified atom stereocenters. The van der Waals surface area contributed by atoms with E-state index in [9.17, 15) is 0 Å². The van der Waals surface area contributed by atoms with E-state index in [1.807, 2.05) is 13.8 Å². The minimum Gasteiger partial charge on any atom is -0.344 e. The average molecular weight is 346 g/mol. The van der Waals surface area contributed by atoms with E-state index >= 15 is 0 Å². The first-order valence-corrected chi connectivity index (χ1v) is 8.73. The summed E-state index contributed by atoms with van der Waals surface area (Å²) in [6.07, 6.45) is 4.73. The number of rotatable bonds is 2. The maximum Gasteiger partial charge on any atom is 0.163 e. The van der Waals surface area contributed by atoms with Crippen LogP contribution in [-0.2, 0) is 9.47 Å². The molecule has 2 aliphatic carbocycles. The molecule has 2 aromatic rings. The second-order valence-corrected chi connectivity index (χ2v) is 8.05. The summed E-state index contributed by atoms with van der Waals surface area (Å²) in [5.74, 6) is -0.107. The largest absolute Gasteiger partial charge is 0.344 e. The van der Waals surface area contributed by atoms with E-state index in [2.05, 4.69) is 40.2 Å². The van der Waals surface area contributed by atoms with Crippen molar-refractivity contribution in [2.24, 2.45) is 11.3 Å². The number of hydrogen-bond acceptors (Lipinski definition) is 4. The first-order valence-electron chi connectivity index (χ1n) is 8.35. The van der Waals surface area contributed by atoms with Crippen molar-refractivity contribution in [3.63, 3.8) is 0 Å². The lowest BCUT2D eigenvalue weighted by Gasteiger charge is -2.25. The van der Waals surface area contributed by atoms with E-state index in [-0.39, 0.29) is 23.7 Å². The van der Waals surface area contributed by atoms with Crippen molar-refractivity contribution in [1.29, 1.82) is 0 Å². The Labute approximate surface area is 145 Å². The molecule has 0 aromatic carbocycles. The third-order valence-corrected chi connectivity index (χ3v) is 6.27. The minimum atomic E-state index is -0.569. The number of aryl methyl sites for hydroxylation is 1. The average Bonchev–Trinajstić information content (AvgIpc) is 2.92. The lowest BCUT2D eigenvalue weighted by Crippen LogP contribution is -2.31. The van der Waals surface area contributed by atoms with Gasteiger partial charge in [0, 0.05) is 11.1 Å². The van der Waals surface area contributed by atoms with Gasteiger partial charge in [-0.15, -0.1) is 6.58 Å². The molecular formula is C18H20ClN3O2. The quantitative estimate of drug-likeness (QED) is 0.615. The Balaban J connectivity index is 1.69. The van der Waals surface area contributed by atoms with Gasteiger partial charge in [-0.2, -0.15) is 0 Å². The number of aromatic nitrogens is 3. The van der Waals surface area contributed by atoms with Gasteiger partial charge in [0.15, 0.2) is 5.79 Å². The van der Waals surface area contributed by atoms with Crippen LogP contribution in [0, 0.1) is 18.3 Å². The Kier molecular flexibility index (Phi) is 2.72. The zero-order valence-corrected chi connectivity index (χ0v) is 14.7. The van der Waals surface area contributed by atoms with Crippen LogP contribution in [0.3, 0.4) is 0 Å². The van der Waals surface area contributed by atoms with Gasteiger partial charge in [-0.1, -0.05) is 17.7 Å². The zero-order valence-electron chi connectivity index (χ0n) is 14.0. The molecule has 3 fully saturated rings. The van der Waals surface area contributed by atoms with E-state index in [1.54, 1.807) is 0 Å². The van der Waals surface area contributed by atoms with E-state index in [0.29, 0.717) is 11.1 Å². The second kappa shape index (κ2) is 4.40. The smallest absolute Gasteiger partial charge is 0.163 e. The fraction of sp³-hybridized carbons (Fsp3) is 0.556. The summed E-state index contributed by atoms with van der Waals surface area (Å²) in [6.45, 7) is 10.1. The third kappa shape index (κ3) is 1.68. The van der Waals surface area contributed by atoms with Crippen molar-refractivity contribution < 1.29 is 9.47 Å². The number of nitrogens with zero attached hydrogens (tertiary/aromatic N) is 3. The summed E-state index contributed by atoms with van der Waals surface area (Å²) in [6, 6.07) is 2.24. The van der Waals surface area contributed by atoms with Crippen LogP contribution in [0.4, 0.5) is 0 Å². The maximum absolute atomic E-state index is 6.30. The molecule has 6 heteroatoms. The highest BCUT2D eigenvalue weighted by molar-refractivity contribution is 6.33. The van der Waals surface area contributed by atoms with Gasteiger partial charge in [-0.3, -0.25) is 0 Å². The second-order valence-electron chi connectivity index (χ2n) is 7.70. The molecule has 5 nitrogen and oxygen atoms in total. The van der Waals surface area contributed by atoms with Crippen LogP contribution in [0.25, 0.3) is 11.0 Å². The molecule has 0 N–H and O–H groups in total. The Morgan fingerprint density at radius 2 is 2.17 bits per heavy atom. The number of fused-ring (bicyclic) bond motifs is 4. The fourth-order valence-electron chi connectivity index (χ4n) is 4.95. The molecule has 24 heavy (non-hydrogen) atoms. The third-order valence-electron chi connectivity index (χ3n) is 5.97. The summed E-state index contributed by atoms with van der Waals surface area (Å²) in [7, 11) is 0. The number of halogens is 1. The predicted octanol–water partition coefficient (Wildman–Crippen LogP) is 3.66. The molecular weight excluding hydrogens is 326 g/mol. The van der Waals surface area contributed by atoms with Crippen molar-refractivity contribution in [2.75, 3.05) is 0 Å². The monoisotopic (exact) mass is 345 g/mol. The fourth-order valence-corrected chi connectivity index (χ4v) is 5.14. The van der Waals surface area contributed by atoms with E-state index in [4.69, 9.17) is 21.1 Å². The molecule has 0 bridgehead atoms. The van der Waals surface area contributed by atoms with Crippen LogP contribution in [-0.4, -0.2) is 32.5 Å². The molecule has 5 atom stereocenters. The molecule has 1 saturated heterocycles. The Morgan fingerprint density at radius 1 is 1.38 bits per heavy atom. The van der Waals surface area contributed by atoms with Crippen molar-refractivity contribution in [1.82, 2.24) is 14.5 Å². The van der Waals surface area contributed by atoms with Crippen molar-refractivity contribution in [2.45, 2.75) is 51.2 Å². The molecule has 2 aromatic heterocycles.